The maximum atomic E-state index is 11.9. The van der Waals surface area contributed by atoms with E-state index < -0.39 is 0 Å². The van der Waals surface area contributed by atoms with Crippen LogP contribution in [0.1, 0.15) is 34.0 Å². The van der Waals surface area contributed by atoms with Crippen LogP contribution in [-0.2, 0) is 6.54 Å². The molecular formula is C15H19N3O3. The van der Waals surface area contributed by atoms with E-state index in [1.807, 2.05) is 13.8 Å². The molecule has 6 heteroatoms. The maximum Gasteiger partial charge on any atom is 0.287 e. The molecule has 0 radical (unpaired) electrons. The van der Waals surface area contributed by atoms with Crippen LogP contribution in [0.25, 0.3) is 0 Å². The first-order valence-electron chi connectivity index (χ1n) is 7.12. The highest BCUT2D eigenvalue weighted by Crippen LogP contribution is 2.19. The van der Waals surface area contributed by atoms with Crippen LogP contribution in [0.2, 0.25) is 0 Å². The fraction of sp³-hybridized carbons (Fsp3) is 0.467. The highest BCUT2D eigenvalue weighted by Gasteiger charge is 2.26. The summed E-state index contributed by atoms with van der Waals surface area (Å²) in [7, 11) is 0. The molecule has 1 saturated heterocycles. The van der Waals surface area contributed by atoms with E-state index in [-0.39, 0.29) is 11.9 Å². The molecule has 6 nitrogen and oxygen atoms in total. The van der Waals surface area contributed by atoms with E-state index in [0.717, 1.165) is 43.1 Å². The first-order chi connectivity index (χ1) is 10.1. The van der Waals surface area contributed by atoms with E-state index in [4.69, 9.17) is 8.94 Å². The van der Waals surface area contributed by atoms with Gasteiger partial charge in [-0.05, 0) is 32.4 Å². The number of furan rings is 1. The second-order valence-electron chi connectivity index (χ2n) is 5.47. The van der Waals surface area contributed by atoms with Gasteiger partial charge < -0.3 is 14.3 Å². The van der Waals surface area contributed by atoms with Crippen molar-refractivity contribution < 1.29 is 13.7 Å². The Balaban J connectivity index is 1.55. The summed E-state index contributed by atoms with van der Waals surface area (Å²) in [6.07, 6.45) is 2.45. The van der Waals surface area contributed by atoms with Crippen molar-refractivity contribution >= 4 is 5.91 Å². The third-order valence-electron chi connectivity index (χ3n) is 3.92. The van der Waals surface area contributed by atoms with Crippen LogP contribution in [0.15, 0.2) is 27.3 Å². The van der Waals surface area contributed by atoms with Crippen molar-refractivity contribution in [3.63, 3.8) is 0 Å². The Morgan fingerprint density at radius 1 is 1.52 bits per heavy atom. The summed E-state index contributed by atoms with van der Waals surface area (Å²) in [6.45, 7) is 6.48. The molecular weight excluding hydrogens is 270 g/mol. The number of nitrogens with one attached hydrogen (secondary N) is 1. The van der Waals surface area contributed by atoms with Gasteiger partial charge in [-0.1, -0.05) is 5.16 Å². The van der Waals surface area contributed by atoms with Crippen LogP contribution < -0.4 is 5.32 Å². The van der Waals surface area contributed by atoms with Crippen molar-refractivity contribution in [2.45, 2.75) is 32.9 Å². The van der Waals surface area contributed by atoms with Gasteiger partial charge in [-0.25, -0.2) is 0 Å². The molecule has 0 aromatic carbocycles. The van der Waals surface area contributed by atoms with E-state index in [1.165, 1.54) is 6.26 Å². The third-order valence-corrected chi connectivity index (χ3v) is 3.92. The lowest BCUT2D eigenvalue weighted by molar-refractivity contribution is 0.0909. The van der Waals surface area contributed by atoms with Crippen molar-refractivity contribution in [1.82, 2.24) is 15.4 Å². The number of aromatic nitrogens is 1. The van der Waals surface area contributed by atoms with Crippen LogP contribution in [0.3, 0.4) is 0 Å². The Hall–Kier alpha value is -2.08. The molecule has 2 aromatic rings. The Morgan fingerprint density at radius 2 is 2.38 bits per heavy atom. The van der Waals surface area contributed by atoms with Crippen molar-refractivity contribution in [3.8, 4) is 0 Å². The van der Waals surface area contributed by atoms with Gasteiger partial charge in [0.2, 0.25) is 0 Å². The van der Waals surface area contributed by atoms with Crippen LogP contribution in [0.4, 0.5) is 0 Å². The summed E-state index contributed by atoms with van der Waals surface area (Å²) >= 11 is 0. The molecule has 1 aliphatic heterocycles. The van der Waals surface area contributed by atoms with Crippen LogP contribution >= 0.6 is 0 Å². The zero-order valence-electron chi connectivity index (χ0n) is 12.3. The Morgan fingerprint density at radius 3 is 3.05 bits per heavy atom. The van der Waals surface area contributed by atoms with E-state index in [9.17, 15) is 4.79 Å². The largest absolute Gasteiger partial charge is 0.459 e. The lowest BCUT2D eigenvalue weighted by atomic mass is 10.2. The van der Waals surface area contributed by atoms with Gasteiger partial charge >= 0.3 is 0 Å². The highest BCUT2D eigenvalue weighted by molar-refractivity contribution is 5.91. The summed E-state index contributed by atoms with van der Waals surface area (Å²) in [6, 6.07) is 3.54. The van der Waals surface area contributed by atoms with Crippen molar-refractivity contribution in [1.29, 1.82) is 0 Å². The van der Waals surface area contributed by atoms with Crippen molar-refractivity contribution in [3.05, 3.63) is 41.2 Å². The number of carbonyl (C=O) groups is 1. The Labute approximate surface area is 123 Å². The number of aryl methyl sites for hydroxylation is 2. The summed E-state index contributed by atoms with van der Waals surface area (Å²) < 4.78 is 10.3. The Bertz CT molecular complexity index is 599. The smallest absolute Gasteiger partial charge is 0.287 e. The number of amides is 1. The predicted molar refractivity (Wildman–Crippen MR) is 75.8 cm³/mol. The molecule has 0 aliphatic carbocycles. The number of rotatable bonds is 4. The number of carbonyl (C=O) groups excluding carboxylic acids is 1. The molecule has 1 amide bonds. The summed E-state index contributed by atoms with van der Waals surface area (Å²) in [4.78, 5) is 14.3. The van der Waals surface area contributed by atoms with Crippen LogP contribution in [0.5, 0.6) is 0 Å². The van der Waals surface area contributed by atoms with E-state index in [2.05, 4.69) is 15.4 Å². The quantitative estimate of drug-likeness (QED) is 0.930. The topological polar surface area (TPSA) is 71.5 Å². The number of likely N-dealkylation sites (tertiary alicyclic amines) is 1. The minimum Gasteiger partial charge on any atom is -0.459 e. The van der Waals surface area contributed by atoms with Gasteiger partial charge in [0, 0.05) is 31.2 Å². The normalized spacial score (nSPS) is 19.0. The van der Waals surface area contributed by atoms with E-state index in [0.29, 0.717) is 5.76 Å². The summed E-state index contributed by atoms with van der Waals surface area (Å²) in [5.74, 6) is 1.08. The predicted octanol–water partition coefficient (Wildman–Crippen LogP) is 1.89. The Kier molecular flexibility index (Phi) is 3.79. The van der Waals surface area contributed by atoms with Gasteiger partial charge in [-0.15, -0.1) is 0 Å². The molecule has 1 N–H and O–H groups in total. The van der Waals surface area contributed by atoms with E-state index >= 15 is 0 Å². The third kappa shape index (κ3) is 3.00. The molecule has 1 atom stereocenters. The summed E-state index contributed by atoms with van der Waals surface area (Å²) in [5, 5.41) is 6.98. The average Bonchev–Trinajstić information content (AvgIpc) is 3.17. The SMILES string of the molecule is Cc1noc(C)c1CN1CC[C@H](NC(=O)c2ccco2)C1. The van der Waals surface area contributed by atoms with Gasteiger partial charge in [-0.2, -0.15) is 0 Å². The fourth-order valence-electron chi connectivity index (χ4n) is 2.71. The van der Waals surface area contributed by atoms with Crippen LogP contribution in [-0.4, -0.2) is 35.1 Å². The van der Waals surface area contributed by atoms with Gasteiger partial charge in [0.25, 0.3) is 5.91 Å². The summed E-state index contributed by atoms with van der Waals surface area (Å²) in [5.41, 5.74) is 2.09. The molecule has 3 rings (SSSR count). The number of nitrogens with zero attached hydrogens (tertiary/aromatic N) is 2. The van der Waals surface area contributed by atoms with E-state index in [1.54, 1.807) is 12.1 Å². The van der Waals surface area contributed by atoms with Gasteiger partial charge in [0.1, 0.15) is 5.76 Å². The molecule has 2 aromatic heterocycles. The number of hydrogen-bond donors (Lipinski definition) is 1. The molecule has 112 valence electrons. The standard InChI is InChI=1S/C15H19N3O3/c1-10-13(11(2)21-17-10)9-18-6-5-12(8-18)16-15(19)14-4-3-7-20-14/h3-4,7,12H,5-6,8-9H2,1-2H3,(H,16,19)/t12-/m0/s1. The molecule has 1 aliphatic rings. The first kappa shape index (κ1) is 13.9. The highest BCUT2D eigenvalue weighted by atomic mass is 16.5. The van der Waals surface area contributed by atoms with Gasteiger partial charge in [0.05, 0.1) is 12.0 Å². The zero-order chi connectivity index (χ0) is 14.8. The van der Waals surface area contributed by atoms with Gasteiger partial charge in [0.15, 0.2) is 5.76 Å². The van der Waals surface area contributed by atoms with Gasteiger partial charge in [-0.3, -0.25) is 9.69 Å². The molecule has 3 heterocycles. The van der Waals surface area contributed by atoms with Crippen molar-refractivity contribution in [2.75, 3.05) is 13.1 Å². The minimum atomic E-state index is -0.149. The minimum absolute atomic E-state index is 0.149. The molecule has 21 heavy (non-hydrogen) atoms. The maximum absolute atomic E-state index is 11.9. The monoisotopic (exact) mass is 289 g/mol. The molecule has 0 bridgehead atoms. The number of hydrogen-bond acceptors (Lipinski definition) is 5. The molecule has 0 spiro atoms. The lowest BCUT2D eigenvalue weighted by Crippen LogP contribution is -2.36. The van der Waals surface area contributed by atoms with Crippen LogP contribution in [0, 0.1) is 13.8 Å². The lowest BCUT2D eigenvalue weighted by Gasteiger charge is -2.16. The van der Waals surface area contributed by atoms with Crippen molar-refractivity contribution in [2.24, 2.45) is 0 Å². The molecule has 0 saturated carbocycles. The second-order valence-corrected chi connectivity index (χ2v) is 5.47. The average molecular weight is 289 g/mol. The second kappa shape index (κ2) is 5.73. The molecule has 1 fully saturated rings. The fourth-order valence-corrected chi connectivity index (χ4v) is 2.71. The first-order valence-corrected chi connectivity index (χ1v) is 7.12. The zero-order valence-corrected chi connectivity index (χ0v) is 12.3. The molecule has 0 unspecified atom stereocenters.